The van der Waals surface area contributed by atoms with Crippen LogP contribution in [-0.4, -0.2) is 33.0 Å². The molecule has 0 aliphatic rings. The second-order valence-electron chi connectivity index (χ2n) is 6.29. The van der Waals surface area contributed by atoms with Gasteiger partial charge in [-0.1, -0.05) is 48.2 Å². The van der Waals surface area contributed by atoms with Crippen LogP contribution >= 0.6 is 11.8 Å². The molecule has 2 N–H and O–H groups in total. The topological polar surface area (TPSA) is 83.0 Å². The number of hydrogen-bond donors (Lipinski definition) is 1. The van der Waals surface area contributed by atoms with Crippen LogP contribution in [0.5, 0.6) is 5.75 Å². The number of allylic oxidation sites excluding steroid dienone is 2. The minimum absolute atomic E-state index is 0.153. The van der Waals surface area contributed by atoms with E-state index in [2.05, 4.69) is 10.2 Å². The third-order valence-electron chi connectivity index (χ3n) is 4.05. The van der Waals surface area contributed by atoms with Gasteiger partial charge in [0.05, 0.1) is 6.61 Å². The molecule has 0 saturated carbocycles. The average molecular weight is 425 g/mol. The fraction of sp³-hybridized carbons (Fsp3) is 0.136. The van der Waals surface area contributed by atoms with E-state index in [1.165, 1.54) is 40.7 Å². The van der Waals surface area contributed by atoms with Gasteiger partial charge < -0.3 is 10.6 Å². The molecule has 154 valence electrons. The van der Waals surface area contributed by atoms with Crippen molar-refractivity contribution in [2.75, 3.05) is 18.2 Å². The van der Waals surface area contributed by atoms with Crippen molar-refractivity contribution in [2.45, 2.75) is 12.1 Å². The van der Waals surface area contributed by atoms with E-state index in [1.807, 2.05) is 24.3 Å². The number of nitrogen functional groups attached to an aromatic ring is 1. The lowest BCUT2D eigenvalue weighted by atomic mass is 10.1. The van der Waals surface area contributed by atoms with E-state index < -0.39 is 0 Å². The highest BCUT2D eigenvalue weighted by Crippen LogP contribution is 2.16. The van der Waals surface area contributed by atoms with E-state index in [0.29, 0.717) is 23.3 Å². The predicted octanol–water partition coefficient (Wildman–Crippen LogP) is 3.91. The molecule has 3 rings (SSSR count). The summed E-state index contributed by atoms with van der Waals surface area (Å²) < 4.78 is 20.0. The first-order chi connectivity index (χ1) is 14.5. The molecule has 0 bridgehead atoms. The average Bonchev–Trinajstić information content (AvgIpc) is 3.08. The number of carbonyl (C=O) groups excluding carboxylic acids is 1. The Bertz CT molecular complexity index is 1040. The van der Waals surface area contributed by atoms with Crippen LogP contribution in [0, 0.1) is 12.7 Å². The second kappa shape index (κ2) is 10.4. The number of halogens is 1. The highest BCUT2D eigenvalue weighted by Gasteiger charge is 2.06. The lowest BCUT2D eigenvalue weighted by Crippen LogP contribution is -2.12. The number of aromatic nitrogens is 3. The summed E-state index contributed by atoms with van der Waals surface area (Å²) in [6.07, 6.45) is 6.31. The molecule has 0 aliphatic heterocycles. The maximum Gasteiger partial charge on any atom is 0.209 e. The summed E-state index contributed by atoms with van der Waals surface area (Å²) in [6, 6.07) is 13.4. The molecule has 30 heavy (non-hydrogen) atoms. The van der Waals surface area contributed by atoms with E-state index >= 15 is 0 Å². The first kappa shape index (κ1) is 21.3. The minimum atomic E-state index is -0.306. The third-order valence-corrected chi connectivity index (χ3v) is 4.96. The van der Waals surface area contributed by atoms with Gasteiger partial charge in [-0.2, -0.15) is 0 Å². The van der Waals surface area contributed by atoms with Gasteiger partial charge in [-0.05, 0) is 54.5 Å². The molecule has 3 aromatic rings. The third kappa shape index (κ3) is 6.31. The molecule has 6 nitrogen and oxygen atoms in total. The fourth-order valence-corrected chi connectivity index (χ4v) is 3.12. The predicted molar refractivity (Wildman–Crippen MR) is 117 cm³/mol. The van der Waals surface area contributed by atoms with E-state index in [9.17, 15) is 9.18 Å². The second-order valence-corrected chi connectivity index (χ2v) is 7.35. The highest BCUT2D eigenvalue weighted by atomic mass is 32.2. The van der Waals surface area contributed by atoms with Gasteiger partial charge in [0.25, 0.3) is 0 Å². The van der Waals surface area contributed by atoms with Crippen LogP contribution in [0.25, 0.3) is 12.2 Å². The number of ketones is 1. The zero-order valence-electron chi connectivity index (χ0n) is 16.4. The molecule has 0 spiro atoms. The summed E-state index contributed by atoms with van der Waals surface area (Å²) in [5, 5.41) is 8.53. The summed E-state index contributed by atoms with van der Waals surface area (Å²) in [4.78, 5) is 11.9. The van der Waals surface area contributed by atoms with Gasteiger partial charge in [0.2, 0.25) is 5.16 Å². The van der Waals surface area contributed by atoms with Crippen molar-refractivity contribution in [3.05, 3.63) is 83.5 Å². The molecule has 1 heterocycles. The lowest BCUT2D eigenvalue weighted by molar-refractivity contribution is -0.110. The Morgan fingerprint density at radius 1 is 1.07 bits per heavy atom. The first-order valence-electron chi connectivity index (χ1n) is 9.20. The standard InChI is InChI=1S/C22H21FN4O2S/c1-16-25-26-22(27(16)24)30-15-14-29-21-12-6-18(7-13-21)5-11-20(28)10-4-17-2-8-19(23)9-3-17/h2-13H,14-15,24H2,1H3. The van der Waals surface area contributed by atoms with Crippen molar-refractivity contribution in [1.29, 1.82) is 0 Å². The Morgan fingerprint density at radius 2 is 1.67 bits per heavy atom. The van der Waals surface area contributed by atoms with Gasteiger partial charge >= 0.3 is 0 Å². The van der Waals surface area contributed by atoms with Crippen LogP contribution in [0.4, 0.5) is 4.39 Å². The smallest absolute Gasteiger partial charge is 0.209 e. The van der Waals surface area contributed by atoms with Crippen molar-refractivity contribution >= 4 is 29.7 Å². The van der Waals surface area contributed by atoms with Gasteiger partial charge in [0.15, 0.2) is 5.78 Å². The van der Waals surface area contributed by atoms with Crippen LogP contribution < -0.4 is 10.6 Å². The van der Waals surface area contributed by atoms with Crippen LogP contribution in [0.15, 0.2) is 65.8 Å². The Kier molecular flexibility index (Phi) is 7.40. The SMILES string of the molecule is Cc1nnc(SCCOc2ccc(C=CC(=O)C=Cc3ccc(F)cc3)cc2)n1N. The van der Waals surface area contributed by atoms with Crippen LogP contribution in [0.3, 0.4) is 0 Å². The van der Waals surface area contributed by atoms with Gasteiger partial charge in [-0.25, -0.2) is 9.07 Å². The van der Waals surface area contributed by atoms with E-state index in [-0.39, 0.29) is 11.6 Å². The van der Waals surface area contributed by atoms with Gasteiger partial charge in [-0.3, -0.25) is 4.79 Å². The summed E-state index contributed by atoms with van der Waals surface area (Å²) in [5.74, 6) is 7.42. The molecular weight excluding hydrogens is 403 g/mol. The number of nitrogens with two attached hydrogens (primary N) is 1. The molecule has 0 saturated heterocycles. The normalized spacial score (nSPS) is 11.4. The van der Waals surface area contributed by atoms with Gasteiger partial charge in [0.1, 0.15) is 17.4 Å². The van der Waals surface area contributed by atoms with Crippen molar-refractivity contribution in [3.63, 3.8) is 0 Å². The number of nitrogens with zero attached hydrogens (tertiary/aromatic N) is 3. The van der Waals surface area contributed by atoms with Crippen molar-refractivity contribution < 1.29 is 13.9 Å². The van der Waals surface area contributed by atoms with Crippen molar-refractivity contribution in [2.24, 2.45) is 0 Å². The first-order valence-corrected chi connectivity index (χ1v) is 10.2. The number of carbonyl (C=O) groups is 1. The molecule has 0 fully saturated rings. The summed E-state index contributed by atoms with van der Waals surface area (Å²) in [7, 11) is 0. The molecule has 8 heteroatoms. The maximum absolute atomic E-state index is 12.9. The number of rotatable bonds is 9. The fourth-order valence-electron chi connectivity index (χ4n) is 2.40. The Balaban J connectivity index is 1.43. The molecule has 0 atom stereocenters. The number of ether oxygens (including phenoxy) is 1. The molecule has 1 aromatic heterocycles. The van der Waals surface area contributed by atoms with Gasteiger partial charge in [-0.15, -0.1) is 10.2 Å². The number of hydrogen-bond acceptors (Lipinski definition) is 6. The number of benzene rings is 2. The molecule has 0 amide bonds. The molecule has 0 radical (unpaired) electrons. The Labute approximate surface area is 178 Å². The molecule has 0 aliphatic carbocycles. The molecular formula is C22H21FN4O2S. The van der Waals surface area contributed by atoms with E-state index in [1.54, 1.807) is 31.2 Å². The summed E-state index contributed by atoms with van der Waals surface area (Å²) in [6.45, 7) is 2.29. The van der Waals surface area contributed by atoms with Gasteiger partial charge in [0, 0.05) is 5.75 Å². The quantitative estimate of drug-likeness (QED) is 0.243. The zero-order valence-corrected chi connectivity index (χ0v) is 17.2. The van der Waals surface area contributed by atoms with Crippen LogP contribution in [0.1, 0.15) is 17.0 Å². The number of aryl methyl sites for hydroxylation is 1. The highest BCUT2D eigenvalue weighted by molar-refractivity contribution is 7.99. The van der Waals surface area contributed by atoms with Crippen molar-refractivity contribution in [1.82, 2.24) is 14.9 Å². The van der Waals surface area contributed by atoms with Crippen LogP contribution in [-0.2, 0) is 4.79 Å². The minimum Gasteiger partial charge on any atom is -0.493 e. The molecule has 2 aromatic carbocycles. The largest absolute Gasteiger partial charge is 0.493 e. The van der Waals surface area contributed by atoms with Crippen LogP contribution in [0.2, 0.25) is 0 Å². The van der Waals surface area contributed by atoms with Crippen molar-refractivity contribution in [3.8, 4) is 5.75 Å². The maximum atomic E-state index is 12.9. The van der Waals surface area contributed by atoms with E-state index in [4.69, 9.17) is 10.6 Å². The lowest BCUT2D eigenvalue weighted by Gasteiger charge is -2.06. The summed E-state index contributed by atoms with van der Waals surface area (Å²) in [5.41, 5.74) is 1.65. The number of thioether (sulfide) groups is 1. The molecule has 0 unspecified atom stereocenters. The van der Waals surface area contributed by atoms with E-state index in [0.717, 1.165) is 16.9 Å². The summed E-state index contributed by atoms with van der Waals surface area (Å²) >= 11 is 1.47. The Morgan fingerprint density at radius 3 is 2.23 bits per heavy atom. The monoisotopic (exact) mass is 424 g/mol. The zero-order chi connectivity index (χ0) is 21.3. The Hall–Kier alpha value is -3.39.